The van der Waals surface area contributed by atoms with Gasteiger partial charge in [-0.05, 0) is 68.0 Å². The molecule has 0 bridgehead atoms. The van der Waals surface area contributed by atoms with Crippen molar-refractivity contribution in [2.45, 2.75) is 70.6 Å². The SMILES string of the molecule is CC(CCc1ccccc1)NC(C(O)c1ccc(OCc2ccccc2)c(OCc2ccccc2)c1)C(C)(C)O. The van der Waals surface area contributed by atoms with Crippen LogP contribution in [0.25, 0.3) is 0 Å². The number of hydrogen-bond donors (Lipinski definition) is 3. The Morgan fingerprint density at radius 1 is 0.700 bits per heavy atom. The van der Waals surface area contributed by atoms with Gasteiger partial charge in [0, 0.05) is 6.04 Å². The van der Waals surface area contributed by atoms with Gasteiger partial charge in [0.1, 0.15) is 13.2 Å². The molecule has 0 radical (unpaired) electrons. The molecule has 0 aliphatic heterocycles. The third-order valence-corrected chi connectivity index (χ3v) is 7.03. The van der Waals surface area contributed by atoms with Crippen LogP contribution in [0.15, 0.2) is 109 Å². The van der Waals surface area contributed by atoms with Gasteiger partial charge in [-0.3, -0.25) is 0 Å². The summed E-state index contributed by atoms with van der Waals surface area (Å²) in [6.45, 7) is 6.30. The van der Waals surface area contributed by atoms with Gasteiger partial charge in [0.2, 0.25) is 0 Å². The molecule has 4 aromatic carbocycles. The lowest BCUT2D eigenvalue weighted by Gasteiger charge is -2.36. The second-order valence-corrected chi connectivity index (χ2v) is 10.9. The smallest absolute Gasteiger partial charge is 0.162 e. The van der Waals surface area contributed by atoms with Gasteiger partial charge in [-0.2, -0.15) is 0 Å². The van der Waals surface area contributed by atoms with Crippen molar-refractivity contribution in [3.8, 4) is 11.5 Å². The van der Waals surface area contributed by atoms with Gasteiger partial charge in [-0.25, -0.2) is 0 Å². The fraction of sp³-hybridized carbons (Fsp3) is 0.314. The molecule has 210 valence electrons. The van der Waals surface area contributed by atoms with Crippen LogP contribution in [0, 0.1) is 0 Å². The topological polar surface area (TPSA) is 71.0 Å². The van der Waals surface area contributed by atoms with Crippen molar-refractivity contribution in [3.63, 3.8) is 0 Å². The number of benzene rings is 4. The Morgan fingerprint density at radius 2 is 1.20 bits per heavy atom. The fourth-order valence-electron chi connectivity index (χ4n) is 4.70. The van der Waals surface area contributed by atoms with E-state index in [0.29, 0.717) is 30.3 Å². The summed E-state index contributed by atoms with van der Waals surface area (Å²) in [5, 5.41) is 26.1. The first-order valence-electron chi connectivity index (χ1n) is 14.0. The van der Waals surface area contributed by atoms with Crippen molar-refractivity contribution in [2.24, 2.45) is 0 Å². The normalized spacial score (nSPS) is 13.8. The average molecular weight is 540 g/mol. The molecule has 0 aliphatic carbocycles. The molecule has 5 heteroatoms. The highest BCUT2D eigenvalue weighted by Crippen LogP contribution is 2.34. The van der Waals surface area contributed by atoms with Crippen LogP contribution in [-0.2, 0) is 19.6 Å². The Bertz CT molecular complexity index is 1290. The van der Waals surface area contributed by atoms with Crippen LogP contribution in [-0.4, -0.2) is 27.9 Å². The van der Waals surface area contributed by atoms with E-state index in [1.165, 1.54) is 5.56 Å². The van der Waals surface area contributed by atoms with Crippen LogP contribution >= 0.6 is 0 Å². The average Bonchev–Trinajstić information content (AvgIpc) is 2.97. The van der Waals surface area contributed by atoms with Crippen molar-refractivity contribution in [1.82, 2.24) is 5.32 Å². The lowest BCUT2D eigenvalue weighted by molar-refractivity contribution is -0.0260. The Morgan fingerprint density at radius 3 is 1.73 bits per heavy atom. The molecule has 3 atom stereocenters. The summed E-state index contributed by atoms with van der Waals surface area (Å²) in [5.74, 6) is 1.14. The summed E-state index contributed by atoms with van der Waals surface area (Å²) in [6, 6.07) is 35.2. The van der Waals surface area contributed by atoms with Crippen molar-refractivity contribution in [2.75, 3.05) is 0 Å². The molecule has 0 aromatic heterocycles. The van der Waals surface area contributed by atoms with Gasteiger partial charge in [0.15, 0.2) is 11.5 Å². The third kappa shape index (κ3) is 8.68. The number of hydrogen-bond acceptors (Lipinski definition) is 5. The summed E-state index contributed by atoms with van der Waals surface area (Å²) in [6.07, 6.45) is 0.816. The van der Waals surface area contributed by atoms with E-state index in [1.807, 2.05) is 97.1 Å². The summed E-state index contributed by atoms with van der Waals surface area (Å²) in [5.41, 5.74) is 2.82. The number of aliphatic hydroxyl groups excluding tert-OH is 1. The molecule has 3 N–H and O–H groups in total. The van der Waals surface area contributed by atoms with Crippen LogP contribution < -0.4 is 14.8 Å². The molecule has 4 rings (SSSR count). The Kier molecular flexibility index (Phi) is 10.4. The lowest BCUT2D eigenvalue weighted by Crippen LogP contribution is -2.53. The van der Waals surface area contributed by atoms with Gasteiger partial charge in [0.25, 0.3) is 0 Å². The maximum Gasteiger partial charge on any atom is 0.162 e. The molecule has 0 saturated heterocycles. The molecule has 40 heavy (non-hydrogen) atoms. The van der Waals surface area contributed by atoms with Crippen LogP contribution in [0.5, 0.6) is 11.5 Å². The maximum atomic E-state index is 11.5. The molecule has 3 unspecified atom stereocenters. The monoisotopic (exact) mass is 539 g/mol. The molecule has 0 saturated carbocycles. The van der Waals surface area contributed by atoms with E-state index in [-0.39, 0.29) is 6.04 Å². The third-order valence-electron chi connectivity index (χ3n) is 7.03. The Hall–Kier alpha value is -3.64. The Balaban J connectivity index is 1.51. The molecule has 0 amide bonds. The van der Waals surface area contributed by atoms with Crippen LogP contribution in [0.4, 0.5) is 0 Å². The van der Waals surface area contributed by atoms with Gasteiger partial charge >= 0.3 is 0 Å². The van der Waals surface area contributed by atoms with Crippen molar-refractivity contribution in [3.05, 3.63) is 131 Å². The zero-order valence-electron chi connectivity index (χ0n) is 23.7. The van der Waals surface area contributed by atoms with E-state index in [4.69, 9.17) is 9.47 Å². The molecule has 4 aromatic rings. The minimum atomic E-state index is -1.17. The molecular formula is C35H41NO4. The highest BCUT2D eigenvalue weighted by atomic mass is 16.5. The minimum absolute atomic E-state index is 0.0774. The van der Waals surface area contributed by atoms with E-state index in [0.717, 1.165) is 24.0 Å². The second kappa shape index (κ2) is 14.1. The van der Waals surface area contributed by atoms with E-state index >= 15 is 0 Å². The summed E-state index contributed by atoms with van der Waals surface area (Å²) >= 11 is 0. The zero-order valence-corrected chi connectivity index (χ0v) is 23.7. The van der Waals surface area contributed by atoms with Crippen molar-refractivity contribution < 1.29 is 19.7 Å². The van der Waals surface area contributed by atoms with E-state index in [9.17, 15) is 10.2 Å². The lowest BCUT2D eigenvalue weighted by atomic mass is 9.88. The van der Waals surface area contributed by atoms with Crippen molar-refractivity contribution >= 4 is 0 Å². The number of ether oxygens (including phenoxy) is 2. The number of aliphatic hydroxyl groups is 2. The first-order chi connectivity index (χ1) is 19.3. The molecule has 5 nitrogen and oxygen atoms in total. The first-order valence-corrected chi connectivity index (χ1v) is 14.0. The van der Waals surface area contributed by atoms with Crippen LogP contribution in [0.3, 0.4) is 0 Å². The van der Waals surface area contributed by atoms with Crippen molar-refractivity contribution in [1.29, 1.82) is 0 Å². The standard InChI is InChI=1S/C35H41NO4/c1-26(19-20-27-13-7-4-8-14-27)36-34(35(2,3)38)33(37)30-21-22-31(39-24-28-15-9-5-10-16-28)32(23-30)40-25-29-17-11-6-12-18-29/h4-18,21-23,26,33-34,36-38H,19-20,24-25H2,1-3H3. The second-order valence-electron chi connectivity index (χ2n) is 10.9. The van der Waals surface area contributed by atoms with Crippen LogP contribution in [0.2, 0.25) is 0 Å². The molecule has 0 heterocycles. The molecule has 0 aliphatic rings. The van der Waals surface area contributed by atoms with Gasteiger partial charge in [-0.15, -0.1) is 0 Å². The summed E-state index contributed by atoms with van der Waals surface area (Å²) < 4.78 is 12.4. The highest BCUT2D eigenvalue weighted by molar-refractivity contribution is 5.44. The van der Waals surface area contributed by atoms with E-state index in [1.54, 1.807) is 13.8 Å². The van der Waals surface area contributed by atoms with E-state index < -0.39 is 17.7 Å². The maximum absolute atomic E-state index is 11.5. The zero-order chi connectivity index (χ0) is 28.4. The predicted octanol–water partition coefficient (Wildman–Crippen LogP) is 6.63. The summed E-state index contributed by atoms with van der Waals surface area (Å²) in [4.78, 5) is 0. The van der Waals surface area contributed by atoms with E-state index in [2.05, 4.69) is 24.4 Å². The van der Waals surface area contributed by atoms with Gasteiger partial charge in [0.05, 0.1) is 17.7 Å². The Labute approximate surface area is 238 Å². The highest BCUT2D eigenvalue weighted by Gasteiger charge is 2.35. The largest absolute Gasteiger partial charge is 0.485 e. The predicted molar refractivity (Wildman–Crippen MR) is 160 cm³/mol. The quantitative estimate of drug-likeness (QED) is 0.168. The molecular weight excluding hydrogens is 498 g/mol. The number of aryl methyl sites for hydroxylation is 1. The van der Waals surface area contributed by atoms with Gasteiger partial charge in [-0.1, -0.05) is 97.1 Å². The van der Waals surface area contributed by atoms with Gasteiger partial charge < -0.3 is 25.0 Å². The first kappa shape index (κ1) is 29.3. The number of rotatable bonds is 14. The molecule has 0 spiro atoms. The molecule has 0 fully saturated rings. The summed E-state index contributed by atoms with van der Waals surface area (Å²) in [7, 11) is 0. The fourth-order valence-corrected chi connectivity index (χ4v) is 4.70. The number of nitrogens with one attached hydrogen (secondary N) is 1. The van der Waals surface area contributed by atoms with Crippen LogP contribution in [0.1, 0.15) is 55.5 Å². The minimum Gasteiger partial charge on any atom is -0.485 e.